The van der Waals surface area contributed by atoms with E-state index in [9.17, 15) is 0 Å². The lowest BCUT2D eigenvalue weighted by Gasteiger charge is -1.97. The smallest absolute Gasteiger partial charge is 0.246 e. The molecule has 3 rings (SSSR count). The van der Waals surface area contributed by atoms with Crippen LogP contribution in [0.4, 0.5) is 0 Å². The van der Waals surface area contributed by atoms with Crippen molar-refractivity contribution in [2.75, 3.05) is 0 Å². The summed E-state index contributed by atoms with van der Waals surface area (Å²) in [5.41, 5.74) is 2.87. The van der Waals surface area contributed by atoms with Crippen LogP contribution in [0.1, 0.15) is 5.56 Å². The number of hydrogen-bond donors (Lipinski definition) is 0. The topological polar surface area (TPSA) is 38.9 Å². The Morgan fingerprint density at radius 3 is 2.72 bits per heavy atom. The quantitative estimate of drug-likeness (QED) is 0.690. The van der Waals surface area contributed by atoms with Crippen LogP contribution in [0.15, 0.2) is 47.5 Å². The molecule has 0 aliphatic rings. The van der Waals surface area contributed by atoms with Gasteiger partial charge in [-0.25, -0.2) is 9.97 Å². The van der Waals surface area contributed by atoms with Gasteiger partial charge in [0.05, 0.1) is 6.20 Å². The first-order valence-corrected chi connectivity index (χ1v) is 5.80. The molecule has 0 aliphatic carbocycles. The Kier molecular flexibility index (Phi) is 2.61. The van der Waals surface area contributed by atoms with E-state index in [4.69, 9.17) is 16.0 Å². The van der Waals surface area contributed by atoms with Gasteiger partial charge in [-0.2, -0.15) is 0 Å². The van der Waals surface area contributed by atoms with Crippen molar-refractivity contribution in [3.8, 4) is 11.3 Å². The second kappa shape index (κ2) is 4.27. The fourth-order valence-electron chi connectivity index (χ4n) is 1.86. The number of furan rings is 1. The lowest BCUT2D eigenvalue weighted by atomic mass is 10.1. The van der Waals surface area contributed by atoms with Gasteiger partial charge in [-0.05, 0) is 0 Å². The predicted molar refractivity (Wildman–Crippen MR) is 72.3 cm³/mol. The van der Waals surface area contributed by atoms with E-state index in [0.29, 0.717) is 22.1 Å². The van der Waals surface area contributed by atoms with Crippen molar-refractivity contribution in [3.05, 3.63) is 53.8 Å². The molecule has 0 saturated heterocycles. The van der Waals surface area contributed by atoms with Crippen LogP contribution < -0.4 is 0 Å². The highest BCUT2D eigenvalue weighted by molar-refractivity contribution is 6.29. The van der Waals surface area contributed by atoms with E-state index in [0.717, 1.165) is 11.1 Å². The van der Waals surface area contributed by atoms with Crippen molar-refractivity contribution in [3.63, 3.8) is 0 Å². The van der Waals surface area contributed by atoms with Crippen molar-refractivity contribution in [2.24, 2.45) is 0 Å². The summed E-state index contributed by atoms with van der Waals surface area (Å²) >= 11 is 5.85. The molecule has 18 heavy (non-hydrogen) atoms. The van der Waals surface area contributed by atoms with Crippen LogP contribution >= 0.6 is 11.6 Å². The lowest BCUT2D eigenvalue weighted by Crippen LogP contribution is -1.81. The summed E-state index contributed by atoms with van der Waals surface area (Å²) in [6.45, 7) is 3.80. The van der Waals surface area contributed by atoms with Gasteiger partial charge in [0.1, 0.15) is 16.4 Å². The third kappa shape index (κ3) is 1.69. The molecule has 3 nitrogen and oxygen atoms in total. The van der Waals surface area contributed by atoms with E-state index in [1.807, 2.05) is 30.3 Å². The molecule has 0 bridgehead atoms. The fraction of sp³-hybridized carbons (Fsp3) is 0. The van der Waals surface area contributed by atoms with Gasteiger partial charge in [-0.3, -0.25) is 0 Å². The summed E-state index contributed by atoms with van der Waals surface area (Å²) in [5.74, 6) is 0.711. The van der Waals surface area contributed by atoms with Gasteiger partial charge < -0.3 is 4.42 Å². The van der Waals surface area contributed by atoms with Gasteiger partial charge in [0.25, 0.3) is 0 Å². The second-order valence-corrected chi connectivity index (χ2v) is 4.15. The molecule has 0 atom stereocenters. The number of hydrogen-bond acceptors (Lipinski definition) is 3. The molecule has 2 aromatic heterocycles. The minimum Gasteiger partial charge on any atom is -0.436 e. The van der Waals surface area contributed by atoms with Gasteiger partial charge in [0, 0.05) is 11.1 Å². The molecular formula is C14H9ClN2O. The third-order valence-corrected chi connectivity index (χ3v) is 2.83. The van der Waals surface area contributed by atoms with Crippen LogP contribution in [0.3, 0.4) is 0 Å². The zero-order chi connectivity index (χ0) is 12.5. The summed E-state index contributed by atoms with van der Waals surface area (Å²) in [7, 11) is 0. The monoisotopic (exact) mass is 256 g/mol. The number of halogens is 1. The molecule has 0 amide bonds. The largest absolute Gasteiger partial charge is 0.436 e. The van der Waals surface area contributed by atoms with Crippen molar-refractivity contribution < 1.29 is 4.42 Å². The Morgan fingerprint density at radius 2 is 2.00 bits per heavy atom. The Bertz CT molecular complexity index is 719. The Hall–Kier alpha value is -2.13. The van der Waals surface area contributed by atoms with E-state index in [-0.39, 0.29) is 0 Å². The van der Waals surface area contributed by atoms with Gasteiger partial charge in [0.2, 0.25) is 5.71 Å². The van der Waals surface area contributed by atoms with E-state index in [2.05, 4.69) is 16.5 Å². The summed E-state index contributed by atoms with van der Waals surface area (Å²) in [6.07, 6.45) is 3.17. The van der Waals surface area contributed by atoms with Crippen molar-refractivity contribution >= 4 is 28.9 Å². The third-order valence-electron chi connectivity index (χ3n) is 2.65. The fourth-order valence-corrected chi connectivity index (χ4v) is 1.99. The summed E-state index contributed by atoms with van der Waals surface area (Å²) in [4.78, 5) is 8.36. The number of rotatable bonds is 2. The molecule has 0 fully saturated rings. The summed E-state index contributed by atoms with van der Waals surface area (Å²) in [6, 6.07) is 9.78. The number of fused-ring (bicyclic) bond motifs is 1. The zero-order valence-corrected chi connectivity index (χ0v) is 10.2. The Labute approximate surface area is 109 Å². The highest BCUT2D eigenvalue weighted by Gasteiger charge is 2.15. The maximum absolute atomic E-state index is 5.85. The maximum atomic E-state index is 5.85. The molecule has 88 valence electrons. The zero-order valence-electron chi connectivity index (χ0n) is 9.43. The van der Waals surface area contributed by atoms with Crippen molar-refractivity contribution in [2.45, 2.75) is 0 Å². The van der Waals surface area contributed by atoms with Crippen molar-refractivity contribution in [1.29, 1.82) is 0 Å². The van der Waals surface area contributed by atoms with E-state index < -0.39 is 0 Å². The molecular weight excluding hydrogens is 248 g/mol. The van der Waals surface area contributed by atoms with E-state index in [1.54, 1.807) is 6.08 Å². The summed E-state index contributed by atoms with van der Waals surface area (Å²) < 4.78 is 5.73. The maximum Gasteiger partial charge on any atom is 0.246 e. The normalized spacial score (nSPS) is 10.7. The average Bonchev–Trinajstić information content (AvgIpc) is 2.77. The average molecular weight is 257 g/mol. The molecule has 0 unspecified atom stereocenters. The van der Waals surface area contributed by atoms with Crippen LogP contribution in [-0.2, 0) is 0 Å². The molecule has 4 heteroatoms. The van der Waals surface area contributed by atoms with Gasteiger partial charge in [0.15, 0.2) is 0 Å². The number of nitrogens with zero attached hydrogens (tertiary/aromatic N) is 2. The Morgan fingerprint density at radius 1 is 1.22 bits per heavy atom. The molecule has 0 saturated carbocycles. The van der Waals surface area contributed by atoms with E-state index >= 15 is 0 Å². The number of benzene rings is 1. The Balaban J connectivity index is 2.33. The minimum absolute atomic E-state index is 0.339. The molecule has 0 N–H and O–H groups in total. The van der Waals surface area contributed by atoms with Crippen LogP contribution in [0.25, 0.3) is 28.6 Å². The first kappa shape index (κ1) is 11.0. The van der Waals surface area contributed by atoms with Gasteiger partial charge in [-0.15, -0.1) is 0 Å². The lowest BCUT2D eigenvalue weighted by molar-refractivity contribution is 0.617. The first-order valence-electron chi connectivity index (χ1n) is 5.42. The second-order valence-electron chi connectivity index (χ2n) is 3.76. The summed E-state index contributed by atoms with van der Waals surface area (Å²) in [5, 5.41) is 0.339. The standard InChI is InChI=1S/C14H9ClN2O/c1-2-10-12-14(16-8-11(15)17-12)18-13(10)9-6-4-3-5-7-9/h2-8H,1H2. The van der Waals surface area contributed by atoms with Crippen LogP contribution in [0.2, 0.25) is 5.15 Å². The molecule has 0 aliphatic heterocycles. The van der Waals surface area contributed by atoms with Crippen LogP contribution in [0.5, 0.6) is 0 Å². The van der Waals surface area contributed by atoms with E-state index in [1.165, 1.54) is 6.20 Å². The highest BCUT2D eigenvalue weighted by atomic mass is 35.5. The van der Waals surface area contributed by atoms with Crippen molar-refractivity contribution in [1.82, 2.24) is 9.97 Å². The minimum atomic E-state index is 0.339. The molecule has 0 spiro atoms. The molecule has 3 aromatic rings. The number of aromatic nitrogens is 2. The molecule has 2 heterocycles. The highest BCUT2D eigenvalue weighted by Crippen LogP contribution is 2.32. The SMILES string of the molecule is C=Cc1c(-c2ccccc2)oc2ncc(Cl)nc12. The molecule has 1 aromatic carbocycles. The first-order chi connectivity index (χ1) is 8.79. The van der Waals surface area contributed by atoms with Gasteiger partial charge in [-0.1, -0.05) is 54.6 Å². The van der Waals surface area contributed by atoms with Crippen LogP contribution in [-0.4, -0.2) is 9.97 Å². The predicted octanol–water partition coefficient (Wildman–Crippen LogP) is 4.19. The van der Waals surface area contributed by atoms with Crippen LogP contribution in [0, 0.1) is 0 Å². The molecule has 0 radical (unpaired) electrons. The van der Waals surface area contributed by atoms with Gasteiger partial charge >= 0.3 is 0 Å².